The molecule has 0 spiro atoms. The number of fused-ring (bicyclic) bond motifs is 1. The molecule has 0 amide bonds. The lowest BCUT2D eigenvalue weighted by atomic mass is 10.0. The van der Waals surface area contributed by atoms with E-state index >= 15 is 0 Å². The van der Waals surface area contributed by atoms with Gasteiger partial charge in [-0.2, -0.15) is 18.3 Å². The van der Waals surface area contributed by atoms with E-state index < -0.39 is 28.4 Å². The Morgan fingerprint density at radius 3 is 2.47 bits per heavy atom. The molecule has 1 N–H and O–H groups in total. The summed E-state index contributed by atoms with van der Waals surface area (Å²) in [5.74, 6) is 0.274. The zero-order chi connectivity index (χ0) is 23.4. The van der Waals surface area contributed by atoms with Crippen LogP contribution in [0.15, 0.2) is 35.3 Å². The van der Waals surface area contributed by atoms with Crippen molar-refractivity contribution in [3.63, 3.8) is 0 Å². The van der Waals surface area contributed by atoms with Crippen molar-refractivity contribution in [3.05, 3.63) is 67.8 Å². The summed E-state index contributed by atoms with van der Waals surface area (Å²) in [6, 6.07) is 3.20. The number of alkyl halides is 3. The van der Waals surface area contributed by atoms with Crippen molar-refractivity contribution in [1.29, 1.82) is 0 Å². The monoisotopic (exact) mass is 447 g/mol. The number of nitro groups is 1. The molecule has 0 saturated heterocycles. The lowest BCUT2D eigenvalue weighted by Gasteiger charge is -2.19. The summed E-state index contributed by atoms with van der Waals surface area (Å²) in [7, 11) is 0. The number of nitro benzene ring substituents is 1. The van der Waals surface area contributed by atoms with Gasteiger partial charge in [-0.15, -0.1) is 5.10 Å². The van der Waals surface area contributed by atoms with Crippen molar-refractivity contribution in [1.82, 2.24) is 14.8 Å². The summed E-state index contributed by atoms with van der Waals surface area (Å²) in [4.78, 5) is 22.9. The maximum atomic E-state index is 13.3. The molecule has 3 aromatic rings. The number of benzene rings is 1. The molecule has 11 heteroatoms. The summed E-state index contributed by atoms with van der Waals surface area (Å²) in [6.45, 7) is 5.26. The minimum Gasteiger partial charge on any atom is -0.361 e. The number of rotatable bonds is 5. The molecule has 8 nitrogen and oxygen atoms in total. The second-order valence-electron chi connectivity index (χ2n) is 8.37. The van der Waals surface area contributed by atoms with Gasteiger partial charge in [-0.1, -0.05) is 0 Å². The molecule has 4 rings (SSSR count). The van der Waals surface area contributed by atoms with Crippen LogP contribution in [-0.4, -0.2) is 19.7 Å². The lowest BCUT2D eigenvalue weighted by molar-refractivity contribution is -0.385. The Morgan fingerprint density at radius 1 is 1.19 bits per heavy atom. The number of aromatic nitrogens is 3. The maximum Gasteiger partial charge on any atom is 0.416 e. The molecule has 1 saturated carbocycles. The van der Waals surface area contributed by atoms with E-state index in [1.54, 1.807) is 24.6 Å². The van der Waals surface area contributed by atoms with Gasteiger partial charge in [-0.3, -0.25) is 14.9 Å². The van der Waals surface area contributed by atoms with Crippen LogP contribution >= 0.6 is 0 Å². The number of aryl methyl sites for hydroxylation is 1. The zero-order valence-electron chi connectivity index (χ0n) is 17.5. The van der Waals surface area contributed by atoms with Crippen molar-refractivity contribution in [2.24, 2.45) is 0 Å². The van der Waals surface area contributed by atoms with Gasteiger partial charge in [0.2, 0.25) is 0 Å². The Kier molecular flexibility index (Phi) is 4.94. The third kappa shape index (κ3) is 3.90. The Morgan fingerprint density at radius 2 is 1.88 bits per heavy atom. The minimum atomic E-state index is -4.73. The summed E-state index contributed by atoms with van der Waals surface area (Å²) >= 11 is 0. The van der Waals surface area contributed by atoms with Crippen LogP contribution in [0.2, 0.25) is 0 Å². The highest BCUT2D eigenvalue weighted by molar-refractivity contribution is 5.92. The van der Waals surface area contributed by atoms with Gasteiger partial charge >= 0.3 is 6.18 Å². The molecule has 2 heterocycles. The van der Waals surface area contributed by atoms with Gasteiger partial charge in [0.15, 0.2) is 5.82 Å². The van der Waals surface area contributed by atoms with E-state index in [4.69, 9.17) is 0 Å². The number of nitrogens with zero attached hydrogens (tertiary/aromatic N) is 4. The summed E-state index contributed by atoms with van der Waals surface area (Å²) in [5.41, 5.74) is -1.58. The number of halogens is 3. The first kappa shape index (κ1) is 21.7. The Bertz CT molecular complexity index is 1300. The maximum absolute atomic E-state index is 13.3. The van der Waals surface area contributed by atoms with Crippen LogP contribution < -0.4 is 10.9 Å². The second-order valence-corrected chi connectivity index (χ2v) is 8.37. The SMILES string of the molecule is Cc1nnc(N[C@H](C)c2cc([N+](=O)[O-])cc(C(F)(F)F)c2)c2cn(C3(C)CC3)c(=O)cc12. The van der Waals surface area contributed by atoms with E-state index in [0.717, 1.165) is 25.0 Å². The largest absolute Gasteiger partial charge is 0.416 e. The van der Waals surface area contributed by atoms with Gasteiger partial charge in [0.25, 0.3) is 11.2 Å². The van der Waals surface area contributed by atoms with Gasteiger partial charge in [-0.25, -0.2) is 0 Å². The van der Waals surface area contributed by atoms with E-state index in [9.17, 15) is 28.1 Å². The van der Waals surface area contributed by atoms with E-state index in [0.29, 0.717) is 22.5 Å². The highest BCUT2D eigenvalue weighted by Gasteiger charge is 2.40. The number of hydrogen-bond donors (Lipinski definition) is 1. The van der Waals surface area contributed by atoms with Crippen molar-refractivity contribution >= 4 is 22.3 Å². The number of anilines is 1. The Labute approximate surface area is 180 Å². The van der Waals surface area contributed by atoms with E-state index in [2.05, 4.69) is 15.5 Å². The van der Waals surface area contributed by atoms with Crippen LogP contribution in [0.1, 0.15) is 49.6 Å². The van der Waals surface area contributed by atoms with Crippen molar-refractivity contribution in [2.75, 3.05) is 5.32 Å². The first-order chi connectivity index (χ1) is 14.9. The van der Waals surface area contributed by atoms with Gasteiger partial charge in [0.1, 0.15) is 0 Å². The van der Waals surface area contributed by atoms with Crippen molar-refractivity contribution in [3.8, 4) is 0 Å². The third-order valence-electron chi connectivity index (χ3n) is 5.89. The fraction of sp³-hybridized carbons (Fsp3) is 0.381. The van der Waals surface area contributed by atoms with Gasteiger partial charge in [-0.05, 0) is 45.2 Å². The van der Waals surface area contributed by atoms with Crippen molar-refractivity contribution in [2.45, 2.75) is 51.4 Å². The molecular weight excluding hydrogens is 427 g/mol. The molecule has 32 heavy (non-hydrogen) atoms. The molecule has 1 atom stereocenters. The van der Waals surface area contributed by atoms with Crippen LogP contribution in [0, 0.1) is 17.0 Å². The standard InChI is InChI=1S/C21H20F3N5O3/c1-11(13-6-14(21(22,23)24)8-15(7-13)29(31)32)25-19-17-10-28(20(3)4-5-20)18(30)9-16(17)12(2)26-27-19/h6-11H,4-5H2,1-3H3,(H,25,27)/t11-/m1/s1. The van der Waals surface area contributed by atoms with Crippen LogP contribution in [-0.2, 0) is 11.7 Å². The van der Waals surface area contributed by atoms with Gasteiger partial charge in [0.05, 0.1) is 22.2 Å². The molecule has 1 aliphatic rings. The fourth-order valence-corrected chi connectivity index (χ4v) is 3.65. The summed E-state index contributed by atoms with van der Waals surface area (Å²) < 4.78 is 41.4. The zero-order valence-corrected chi connectivity index (χ0v) is 17.5. The first-order valence-corrected chi connectivity index (χ1v) is 9.92. The molecule has 1 aliphatic carbocycles. The molecule has 0 radical (unpaired) electrons. The Hall–Kier alpha value is -3.50. The quantitative estimate of drug-likeness (QED) is 0.449. The molecule has 1 fully saturated rings. The van der Waals surface area contributed by atoms with E-state index in [1.807, 2.05) is 6.92 Å². The number of pyridine rings is 1. The van der Waals surface area contributed by atoms with Crippen LogP contribution in [0.5, 0.6) is 0 Å². The predicted octanol–water partition coefficient (Wildman–Crippen LogP) is 4.71. The molecule has 2 aromatic heterocycles. The molecule has 0 aliphatic heterocycles. The highest BCUT2D eigenvalue weighted by Crippen LogP contribution is 2.42. The van der Waals surface area contributed by atoms with E-state index in [-0.39, 0.29) is 22.5 Å². The first-order valence-electron chi connectivity index (χ1n) is 9.92. The molecule has 0 bridgehead atoms. The number of hydrogen-bond acceptors (Lipinski definition) is 6. The molecule has 168 valence electrons. The second kappa shape index (κ2) is 7.28. The summed E-state index contributed by atoms with van der Waals surface area (Å²) in [5, 5.41) is 23.5. The van der Waals surface area contributed by atoms with Crippen LogP contribution in [0.3, 0.4) is 0 Å². The average Bonchev–Trinajstić information content (AvgIpc) is 3.47. The molecule has 1 aromatic carbocycles. The van der Waals surface area contributed by atoms with Crippen molar-refractivity contribution < 1.29 is 18.1 Å². The Balaban J connectivity index is 1.78. The minimum absolute atomic E-state index is 0.0736. The molecular formula is C21H20F3N5O3. The fourth-order valence-electron chi connectivity index (χ4n) is 3.65. The van der Waals surface area contributed by atoms with E-state index in [1.165, 1.54) is 6.07 Å². The predicted molar refractivity (Wildman–Crippen MR) is 112 cm³/mol. The lowest BCUT2D eigenvalue weighted by Crippen LogP contribution is -2.27. The number of non-ortho nitro benzene ring substituents is 1. The van der Waals surface area contributed by atoms with Crippen LogP contribution in [0.4, 0.5) is 24.7 Å². The number of nitrogens with one attached hydrogen (secondary N) is 1. The normalized spacial score (nSPS) is 16.1. The van der Waals surface area contributed by atoms with Crippen LogP contribution in [0.25, 0.3) is 10.8 Å². The molecule has 0 unspecified atom stereocenters. The van der Waals surface area contributed by atoms with Gasteiger partial charge in [0, 0.05) is 40.7 Å². The highest BCUT2D eigenvalue weighted by atomic mass is 19.4. The average molecular weight is 447 g/mol. The van der Waals surface area contributed by atoms with Gasteiger partial charge < -0.3 is 9.88 Å². The summed E-state index contributed by atoms with van der Waals surface area (Å²) in [6.07, 6.45) is -1.31. The third-order valence-corrected chi connectivity index (χ3v) is 5.89. The topological polar surface area (TPSA) is 103 Å². The smallest absolute Gasteiger partial charge is 0.361 e.